The van der Waals surface area contributed by atoms with Gasteiger partial charge in [0.25, 0.3) is 0 Å². The number of aliphatic hydroxyl groups is 1. The summed E-state index contributed by atoms with van der Waals surface area (Å²) in [7, 11) is 0. The summed E-state index contributed by atoms with van der Waals surface area (Å²) < 4.78 is 5.39. The number of aliphatic hydroxyl groups excluding tert-OH is 1. The number of carbonyl (C=O) groups excluding carboxylic acids is 3. The number of aromatic nitrogens is 3. The summed E-state index contributed by atoms with van der Waals surface area (Å²) in [5.74, 6) is -2.69. The van der Waals surface area contributed by atoms with Gasteiger partial charge in [0, 0.05) is 11.3 Å². The molecule has 11 heteroatoms. The quantitative estimate of drug-likeness (QED) is 0.366. The van der Waals surface area contributed by atoms with Crippen LogP contribution in [0.4, 0.5) is 0 Å². The van der Waals surface area contributed by atoms with E-state index in [0.29, 0.717) is 11.1 Å². The Morgan fingerprint density at radius 2 is 1.80 bits per heavy atom. The van der Waals surface area contributed by atoms with E-state index in [1.165, 1.54) is 16.7 Å². The number of hydrogen-bond acceptors (Lipinski definition) is 8. The monoisotopic (exact) mass is 571 g/mol. The maximum atomic E-state index is 14.7. The van der Waals surface area contributed by atoms with Crippen molar-refractivity contribution in [2.24, 2.45) is 11.8 Å². The molecule has 10 nitrogen and oxygen atoms in total. The van der Waals surface area contributed by atoms with E-state index in [4.69, 9.17) is 4.74 Å². The number of fused-ring (bicyclic) bond motifs is 3. The molecule has 1 aromatic heterocycles. The molecular formula is C30H29N5O5S. The molecule has 0 radical (unpaired) electrons. The molecule has 2 saturated heterocycles. The molecule has 1 unspecified atom stereocenters. The molecule has 0 aliphatic carbocycles. The molecule has 210 valence electrons. The molecule has 4 aliphatic heterocycles. The number of carbonyl (C=O) groups is 3. The fourth-order valence-electron chi connectivity index (χ4n) is 7.02. The van der Waals surface area contributed by atoms with Gasteiger partial charge in [-0.3, -0.25) is 14.4 Å². The number of nitrogens with zero attached hydrogens (tertiary/aromatic N) is 5. The molecule has 5 heterocycles. The van der Waals surface area contributed by atoms with E-state index in [0.717, 1.165) is 5.52 Å². The molecule has 2 amide bonds. The topological polar surface area (TPSA) is 118 Å². The number of amides is 2. The second-order valence-electron chi connectivity index (χ2n) is 11.1. The molecule has 0 saturated carbocycles. The Balaban J connectivity index is 1.36. The van der Waals surface area contributed by atoms with Gasteiger partial charge in [0.2, 0.25) is 11.8 Å². The maximum Gasteiger partial charge on any atom is 0.311 e. The lowest BCUT2D eigenvalue weighted by Crippen LogP contribution is -2.54. The van der Waals surface area contributed by atoms with Crippen LogP contribution in [-0.4, -0.2) is 83.0 Å². The number of thioether (sulfide) groups is 1. The van der Waals surface area contributed by atoms with Gasteiger partial charge >= 0.3 is 5.97 Å². The summed E-state index contributed by atoms with van der Waals surface area (Å²) >= 11 is 1.48. The number of benzene rings is 2. The number of cyclic esters (lactones) is 1. The zero-order valence-corrected chi connectivity index (χ0v) is 23.2. The van der Waals surface area contributed by atoms with Crippen molar-refractivity contribution in [1.82, 2.24) is 24.8 Å². The van der Waals surface area contributed by atoms with Crippen LogP contribution in [0.25, 0.3) is 11.0 Å². The highest BCUT2D eigenvalue weighted by Crippen LogP contribution is 2.66. The van der Waals surface area contributed by atoms with Gasteiger partial charge in [-0.1, -0.05) is 65.9 Å². The molecule has 7 rings (SSSR count). The number of hydrogen-bond donors (Lipinski definition) is 1. The largest absolute Gasteiger partial charge is 0.461 e. The summed E-state index contributed by atoms with van der Waals surface area (Å²) in [6.07, 6.45) is 7.61. The summed E-state index contributed by atoms with van der Waals surface area (Å²) in [6.45, 7) is 2.13. The fraction of sp³-hybridized carbons (Fsp3) is 0.367. The number of esters is 1. The normalized spacial score (nSPS) is 31.5. The van der Waals surface area contributed by atoms with Crippen molar-refractivity contribution < 1.29 is 24.2 Å². The number of para-hydroxylation sites is 1. The molecule has 0 bridgehead atoms. The van der Waals surface area contributed by atoms with Gasteiger partial charge < -0.3 is 19.6 Å². The van der Waals surface area contributed by atoms with Crippen molar-refractivity contribution in [3.8, 4) is 0 Å². The molecular weight excluding hydrogens is 542 g/mol. The highest BCUT2D eigenvalue weighted by atomic mass is 32.2. The Hall–Kier alpha value is -3.96. The first-order valence-corrected chi connectivity index (χ1v) is 14.5. The van der Waals surface area contributed by atoms with E-state index < -0.39 is 39.4 Å². The van der Waals surface area contributed by atoms with Crippen molar-refractivity contribution in [3.05, 3.63) is 84.5 Å². The summed E-state index contributed by atoms with van der Waals surface area (Å²) in [4.78, 5) is 45.9. The van der Waals surface area contributed by atoms with Crippen LogP contribution in [0.2, 0.25) is 0 Å². The maximum absolute atomic E-state index is 14.7. The van der Waals surface area contributed by atoms with E-state index in [1.54, 1.807) is 9.58 Å². The highest BCUT2D eigenvalue weighted by molar-refractivity contribution is 8.02. The molecule has 1 N–H and O–H groups in total. The standard InChI is InChI=1S/C30H29N5O5S/c1-29-13-8-16-40-28(39)24(29)23-26(37)35(22(17-36)19-9-3-2-4-10-19)25-27(38)33(15-7-14-30(23,25)41-29)18-34-21-12-6-5-11-20(21)31-32-34/h2-14,22-25,36H,15-18H2,1H3/t22-,23+,24+,25?,29-,30+/m1/s1. The molecule has 41 heavy (non-hydrogen) atoms. The van der Waals surface area contributed by atoms with Crippen LogP contribution in [-0.2, 0) is 25.8 Å². The number of ether oxygens (including phenoxy) is 1. The SMILES string of the molecule is C[C@@]12C=CCOC(=O)[C@@H]1[C@H]1C(=O)N([C@H](CO)c3ccccc3)C3C(=O)N(Cn4nnc5ccccc54)CC=C[C@@]31S2. The van der Waals surface area contributed by atoms with Crippen molar-refractivity contribution >= 4 is 40.6 Å². The van der Waals surface area contributed by atoms with Crippen molar-refractivity contribution in [1.29, 1.82) is 0 Å². The van der Waals surface area contributed by atoms with Gasteiger partial charge in [0.1, 0.15) is 24.8 Å². The summed E-state index contributed by atoms with van der Waals surface area (Å²) in [5.41, 5.74) is 2.22. The Bertz CT molecular complexity index is 1610. The van der Waals surface area contributed by atoms with Crippen LogP contribution in [0.15, 0.2) is 78.9 Å². The highest BCUT2D eigenvalue weighted by Gasteiger charge is 2.74. The van der Waals surface area contributed by atoms with Gasteiger partial charge in [-0.15, -0.1) is 16.9 Å². The predicted octanol–water partition coefficient (Wildman–Crippen LogP) is 2.32. The molecule has 2 aromatic carbocycles. The van der Waals surface area contributed by atoms with E-state index in [2.05, 4.69) is 10.3 Å². The van der Waals surface area contributed by atoms with Gasteiger partial charge in [-0.2, -0.15) is 0 Å². The number of rotatable bonds is 5. The van der Waals surface area contributed by atoms with Crippen LogP contribution in [0, 0.1) is 11.8 Å². The third kappa shape index (κ3) is 3.78. The van der Waals surface area contributed by atoms with Crippen LogP contribution < -0.4 is 0 Å². The zero-order chi connectivity index (χ0) is 28.4. The Kier molecular flexibility index (Phi) is 6.05. The molecule has 1 spiro atoms. The van der Waals surface area contributed by atoms with Crippen LogP contribution >= 0.6 is 11.8 Å². The lowest BCUT2D eigenvalue weighted by atomic mass is 9.75. The van der Waals surface area contributed by atoms with Gasteiger partial charge in [0.05, 0.1) is 34.7 Å². The van der Waals surface area contributed by atoms with Gasteiger partial charge in [-0.05, 0) is 30.7 Å². The lowest BCUT2D eigenvalue weighted by Gasteiger charge is -2.39. The lowest BCUT2D eigenvalue weighted by molar-refractivity contribution is -0.153. The van der Waals surface area contributed by atoms with Gasteiger partial charge in [0.15, 0.2) is 0 Å². The average Bonchev–Trinajstić information content (AvgIpc) is 3.50. The van der Waals surface area contributed by atoms with Crippen LogP contribution in [0.3, 0.4) is 0 Å². The van der Waals surface area contributed by atoms with Crippen molar-refractivity contribution in [3.63, 3.8) is 0 Å². The minimum Gasteiger partial charge on any atom is -0.461 e. The summed E-state index contributed by atoms with van der Waals surface area (Å²) in [6, 6.07) is 15.0. The first-order chi connectivity index (χ1) is 19.9. The second-order valence-corrected chi connectivity index (χ2v) is 12.9. The predicted molar refractivity (Wildman–Crippen MR) is 151 cm³/mol. The van der Waals surface area contributed by atoms with E-state index in [1.807, 2.05) is 85.8 Å². The second kappa shape index (κ2) is 9.56. The fourth-order valence-corrected chi connectivity index (χ4v) is 9.16. The molecule has 4 aliphatic rings. The van der Waals surface area contributed by atoms with Gasteiger partial charge in [-0.25, -0.2) is 4.68 Å². The van der Waals surface area contributed by atoms with Crippen molar-refractivity contribution in [2.45, 2.75) is 35.2 Å². The third-order valence-corrected chi connectivity index (χ3v) is 10.5. The minimum atomic E-state index is -1.05. The van der Waals surface area contributed by atoms with E-state index >= 15 is 0 Å². The number of likely N-dealkylation sites (tertiary alicyclic amines) is 1. The smallest absolute Gasteiger partial charge is 0.311 e. The minimum absolute atomic E-state index is 0.130. The Morgan fingerprint density at radius 3 is 2.61 bits per heavy atom. The van der Waals surface area contributed by atoms with E-state index in [9.17, 15) is 19.5 Å². The first kappa shape index (κ1) is 26.0. The van der Waals surface area contributed by atoms with Crippen LogP contribution in [0.5, 0.6) is 0 Å². The Morgan fingerprint density at radius 1 is 1.02 bits per heavy atom. The molecule has 2 fully saturated rings. The average molecular weight is 572 g/mol. The molecule has 6 atom stereocenters. The third-order valence-electron chi connectivity index (χ3n) is 8.75. The zero-order valence-electron chi connectivity index (χ0n) is 22.4. The van der Waals surface area contributed by atoms with Crippen LogP contribution in [0.1, 0.15) is 18.5 Å². The molecule has 3 aromatic rings. The van der Waals surface area contributed by atoms with Crippen molar-refractivity contribution in [2.75, 3.05) is 19.8 Å². The Labute approximate surface area is 240 Å². The van der Waals surface area contributed by atoms with E-state index in [-0.39, 0.29) is 38.2 Å². The summed E-state index contributed by atoms with van der Waals surface area (Å²) in [5, 5.41) is 19.2. The first-order valence-electron chi connectivity index (χ1n) is 13.7.